The second kappa shape index (κ2) is 7.87. The number of nitrogens with two attached hydrogens (primary N) is 1. The number of halogens is 2. The highest BCUT2D eigenvalue weighted by Crippen LogP contribution is 2.37. The molecular formula is C17H26F2N6S. The minimum absolute atomic E-state index is 0.0816. The van der Waals surface area contributed by atoms with Crippen LogP contribution in [0.3, 0.4) is 0 Å². The number of hydrogen-bond acceptors (Lipinski definition) is 6. The topological polar surface area (TPSA) is 74.1 Å². The maximum absolute atomic E-state index is 13.4. The van der Waals surface area contributed by atoms with Gasteiger partial charge in [0.05, 0.1) is 17.5 Å². The first-order chi connectivity index (χ1) is 12.4. The fraction of sp³-hybridized carbons (Fsp3) is 0.647. The fourth-order valence-corrected chi connectivity index (χ4v) is 4.02. The Morgan fingerprint density at radius 2 is 2.23 bits per heavy atom. The Hall–Kier alpha value is -1.74. The van der Waals surface area contributed by atoms with E-state index < -0.39 is 5.92 Å². The van der Waals surface area contributed by atoms with Gasteiger partial charge in [0.15, 0.2) is 5.13 Å². The third-order valence-corrected chi connectivity index (χ3v) is 5.80. The number of anilines is 2. The molecule has 9 heteroatoms. The van der Waals surface area contributed by atoms with Crippen LogP contribution in [0.2, 0.25) is 0 Å². The van der Waals surface area contributed by atoms with E-state index in [0.717, 1.165) is 49.6 Å². The largest absolute Gasteiger partial charge is 0.375 e. The highest BCUT2D eigenvalue weighted by Gasteiger charge is 2.26. The molecule has 0 amide bonds. The summed E-state index contributed by atoms with van der Waals surface area (Å²) in [6.45, 7) is 4.43. The van der Waals surface area contributed by atoms with E-state index >= 15 is 0 Å². The summed E-state index contributed by atoms with van der Waals surface area (Å²) in [4.78, 5) is 9.89. The molecule has 26 heavy (non-hydrogen) atoms. The maximum atomic E-state index is 13.4. The predicted molar refractivity (Wildman–Crippen MR) is 102 cm³/mol. The van der Waals surface area contributed by atoms with E-state index in [1.807, 2.05) is 11.9 Å². The third kappa shape index (κ3) is 4.32. The number of aromatic nitrogens is 3. The molecule has 0 unspecified atom stereocenters. The van der Waals surface area contributed by atoms with Crippen LogP contribution >= 0.6 is 11.3 Å². The molecule has 0 fully saturated rings. The summed E-state index contributed by atoms with van der Waals surface area (Å²) < 4.78 is 26.7. The number of rotatable bonds is 8. The standard InChI is InChI=1S/C17H26F2N6S/c1-3-17(18,19)6-10-24(2)7-4-8-25-9-5-13-14(22-16(20)26-13)12-11-21-23-15(12)25/h11H,3-10H2,1-2H3,(H2,20,22)(H,21,23). The van der Waals surface area contributed by atoms with Crippen molar-refractivity contribution in [2.75, 3.05) is 43.9 Å². The number of nitrogens with zero attached hydrogens (tertiary/aromatic N) is 4. The summed E-state index contributed by atoms with van der Waals surface area (Å²) >= 11 is 1.53. The fourth-order valence-electron chi connectivity index (χ4n) is 3.19. The number of thiazole rings is 1. The molecule has 0 radical (unpaired) electrons. The van der Waals surface area contributed by atoms with Crippen LogP contribution < -0.4 is 10.6 Å². The van der Waals surface area contributed by atoms with Crippen molar-refractivity contribution >= 4 is 22.3 Å². The molecule has 0 saturated carbocycles. The second-order valence-electron chi connectivity index (χ2n) is 6.81. The van der Waals surface area contributed by atoms with E-state index in [1.54, 1.807) is 6.20 Å². The van der Waals surface area contributed by atoms with E-state index in [0.29, 0.717) is 11.7 Å². The monoisotopic (exact) mass is 384 g/mol. The number of nitrogens with one attached hydrogen (secondary N) is 1. The van der Waals surface area contributed by atoms with Gasteiger partial charge in [-0.3, -0.25) is 5.10 Å². The number of aromatic amines is 1. The van der Waals surface area contributed by atoms with Crippen LogP contribution in [0.25, 0.3) is 11.3 Å². The Bertz CT molecular complexity index is 729. The van der Waals surface area contributed by atoms with E-state index in [-0.39, 0.29) is 12.8 Å². The van der Waals surface area contributed by atoms with Crippen molar-refractivity contribution in [1.29, 1.82) is 0 Å². The molecule has 0 spiro atoms. The SMILES string of the molecule is CCC(F)(F)CCN(C)CCCN1CCc2sc(N)nc2-c2cn[nH]c21. The Kier molecular flexibility index (Phi) is 5.76. The van der Waals surface area contributed by atoms with Gasteiger partial charge in [0.2, 0.25) is 5.92 Å². The van der Waals surface area contributed by atoms with Crippen LogP contribution in [0, 0.1) is 0 Å². The van der Waals surface area contributed by atoms with Crippen molar-refractivity contribution in [3.05, 3.63) is 11.1 Å². The quantitative estimate of drug-likeness (QED) is 0.731. The van der Waals surface area contributed by atoms with Gasteiger partial charge in [-0.25, -0.2) is 13.8 Å². The van der Waals surface area contributed by atoms with Crippen LogP contribution in [-0.4, -0.2) is 59.2 Å². The molecule has 6 nitrogen and oxygen atoms in total. The van der Waals surface area contributed by atoms with Gasteiger partial charge in [0.1, 0.15) is 5.82 Å². The Labute approximate surface area is 156 Å². The van der Waals surface area contributed by atoms with Crippen molar-refractivity contribution in [2.24, 2.45) is 0 Å². The minimum Gasteiger partial charge on any atom is -0.375 e. The van der Waals surface area contributed by atoms with Gasteiger partial charge in [-0.1, -0.05) is 6.92 Å². The summed E-state index contributed by atoms with van der Waals surface area (Å²) in [5.74, 6) is -1.59. The van der Waals surface area contributed by atoms with Gasteiger partial charge < -0.3 is 15.5 Å². The first-order valence-corrected chi connectivity index (χ1v) is 9.81. The zero-order valence-electron chi connectivity index (χ0n) is 15.3. The van der Waals surface area contributed by atoms with Gasteiger partial charge >= 0.3 is 0 Å². The summed E-state index contributed by atoms with van der Waals surface area (Å²) in [6.07, 6.45) is 3.41. The summed E-state index contributed by atoms with van der Waals surface area (Å²) in [5.41, 5.74) is 7.77. The molecule has 1 aliphatic heterocycles. The molecule has 1 aliphatic rings. The zero-order valence-corrected chi connectivity index (χ0v) is 16.1. The molecule has 3 N–H and O–H groups in total. The van der Waals surface area contributed by atoms with Gasteiger partial charge in [-0.15, -0.1) is 11.3 Å². The first kappa shape index (κ1) is 19.0. The van der Waals surface area contributed by atoms with Crippen LogP contribution in [-0.2, 0) is 6.42 Å². The van der Waals surface area contributed by atoms with E-state index in [2.05, 4.69) is 20.1 Å². The smallest absolute Gasteiger partial charge is 0.249 e. The molecular weight excluding hydrogens is 358 g/mol. The average molecular weight is 385 g/mol. The summed E-state index contributed by atoms with van der Waals surface area (Å²) in [5, 5.41) is 7.84. The van der Waals surface area contributed by atoms with Crippen molar-refractivity contribution in [3.8, 4) is 11.3 Å². The van der Waals surface area contributed by atoms with Crippen molar-refractivity contribution in [2.45, 2.75) is 38.5 Å². The lowest BCUT2D eigenvalue weighted by Gasteiger charge is -2.25. The maximum Gasteiger partial charge on any atom is 0.249 e. The molecule has 0 aromatic carbocycles. The summed E-state index contributed by atoms with van der Waals surface area (Å²) in [7, 11) is 1.90. The van der Waals surface area contributed by atoms with Gasteiger partial charge in [-0.05, 0) is 20.0 Å². The number of alkyl halides is 2. The third-order valence-electron chi connectivity index (χ3n) is 4.86. The number of fused-ring (bicyclic) bond motifs is 3. The number of H-pyrrole nitrogens is 1. The highest BCUT2D eigenvalue weighted by molar-refractivity contribution is 7.15. The molecule has 0 bridgehead atoms. The van der Waals surface area contributed by atoms with Crippen LogP contribution in [0.1, 0.15) is 31.1 Å². The van der Waals surface area contributed by atoms with Crippen molar-refractivity contribution in [1.82, 2.24) is 20.1 Å². The molecule has 3 rings (SSSR count). The molecule has 3 heterocycles. The van der Waals surface area contributed by atoms with Crippen molar-refractivity contribution < 1.29 is 8.78 Å². The molecule has 144 valence electrons. The second-order valence-corrected chi connectivity index (χ2v) is 7.92. The van der Waals surface area contributed by atoms with Gasteiger partial charge in [0.25, 0.3) is 0 Å². The Morgan fingerprint density at radius 3 is 3.00 bits per heavy atom. The predicted octanol–water partition coefficient (Wildman–Crippen LogP) is 3.24. The molecule has 0 saturated heterocycles. The van der Waals surface area contributed by atoms with Gasteiger partial charge in [-0.2, -0.15) is 5.10 Å². The zero-order chi connectivity index (χ0) is 18.7. The molecule has 0 atom stereocenters. The highest BCUT2D eigenvalue weighted by atomic mass is 32.1. The number of nitrogen functional groups attached to an aromatic ring is 1. The normalized spacial score (nSPS) is 14.4. The lowest BCUT2D eigenvalue weighted by Crippen LogP contribution is -2.31. The van der Waals surface area contributed by atoms with E-state index in [1.165, 1.54) is 23.1 Å². The summed E-state index contributed by atoms with van der Waals surface area (Å²) in [6, 6.07) is 0. The van der Waals surface area contributed by atoms with E-state index in [4.69, 9.17) is 5.73 Å². The van der Waals surface area contributed by atoms with Crippen LogP contribution in [0.5, 0.6) is 0 Å². The van der Waals surface area contributed by atoms with Crippen LogP contribution in [0.4, 0.5) is 19.7 Å². The minimum atomic E-state index is -2.56. The number of hydrogen-bond donors (Lipinski definition) is 2. The molecule has 2 aromatic heterocycles. The average Bonchev–Trinajstić information content (AvgIpc) is 3.20. The lowest BCUT2D eigenvalue weighted by atomic mass is 10.2. The van der Waals surface area contributed by atoms with Gasteiger partial charge in [0, 0.05) is 43.8 Å². The Balaban J connectivity index is 1.55. The Morgan fingerprint density at radius 1 is 1.42 bits per heavy atom. The first-order valence-electron chi connectivity index (χ1n) is 9.00. The lowest BCUT2D eigenvalue weighted by molar-refractivity contribution is -0.0179. The van der Waals surface area contributed by atoms with Crippen LogP contribution in [0.15, 0.2) is 6.20 Å². The van der Waals surface area contributed by atoms with Crippen molar-refractivity contribution in [3.63, 3.8) is 0 Å². The van der Waals surface area contributed by atoms with E-state index in [9.17, 15) is 8.78 Å². The molecule has 2 aromatic rings. The molecule has 0 aliphatic carbocycles.